The van der Waals surface area contributed by atoms with Gasteiger partial charge in [-0.1, -0.05) is 11.3 Å². The zero-order chi connectivity index (χ0) is 16.9. The molecule has 0 spiro atoms. The molecule has 128 valence electrons. The molecule has 2 heterocycles. The van der Waals surface area contributed by atoms with Crippen LogP contribution in [0.15, 0.2) is 18.2 Å². The van der Waals surface area contributed by atoms with Gasteiger partial charge in [0, 0.05) is 37.0 Å². The van der Waals surface area contributed by atoms with Gasteiger partial charge in [-0.05, 0) is 12.8 Å². The Bertz CT molecular complexity index is 693. The second kappa shape index (κ2) is 7.35. The number of aromatic nitrogens is 2. The lowest BCUT2D eigenvalue weighted by atomic mass is 10.3. The molecule has 1 aromatic heterocycles. The number of hydrogen-bond acceptors (Lipinski definition) is 7. The van der Waals surface area contributed by atoms with Crippen molar-refractivity contribution in [2.75, 3.05) is 42.8 Å². The van der Waals surface area contributed by atoms with Crippen LogP contribution in [0.2, 0.25) is 0 Å². The maximum absolute atomic E-state index is 12.1. The largest absolute Gasteiger partial charge is 0.497 e. The zero-order valence-corrected chi connectivity index (χ0v) is 14.4. The van der Waals surface area contributed by atoms with E-state index in [2.05, 4.69) is 25.7 Å². The summed E-state index contributed by atoms with van der Waals surface area (Å²) in [5.41, 5.74) is 0.563. The molecule has 3 rings (SSSR count). The molecule has 2 aromatic rings. The molecule has 0 saturated carbocycles. The first kappa shape index (κ1) is 16.3. The van der Waals surface area contributed by atoms with Gasteiger partial charge in [-0.15, -0.1) is 10.2 Å². The van der Waals surface area contributed by atoms with E-state index in [0.29, 0.717) is 22.3 Å². The third-order valence-corrected chi connectivity index (χ3v) is 4.52. The Labute approximate surface area is 143 Å². The number of carbonyl (C=O) groups excluding carboxylic acids is 1. The minimum absolute atomic E-state index is 0.394. The van der Waals surface area contributed by atoms with Gasteiger partial charge in [0.15, 0.2) is 0 Å². The molecule has 8 nitrogen and oxygen atoms in total. The van der Waals surface area contributed by atoms with Crippen LogP contribution in [-0.4, -0.2) is 43.5 Å². The van der Waals surface area contributed by atoms with E-state index in [4.69, 9.17) is 9.47 Å². The third kappa shape index (κ3) is 3.85. The fourth-order valence-corrected chi connectivity index (χ4v) is 3.23. The van der Waals surface area contributed by atoms with Crippen molar-refractivity contribution in [1.29, 1.82) is 0 Å². The van der Waals surface area contributed by atoms with Gasteiger partial charge in [0.25, 0.3) is 0 Å². The fourth-order valence-electron chi connectivity index (χ4n) is 2.44. The summed E-state index contributed by atoms with van der Waals surface area (Å²) < 4.78 is 10.4. The predicted octanol–water partition coefficient (Wildman–Crippen LogP) is 2.80. The molecule has 1 aliphatic rings. The molecule has 24 heavy (non-hydrogen) atoms. The van der Waals surface area contributed by atoms with Gasteiger partial charge in [0.1, 0.15) is 11.5 Å². The van der Waals surface area contributed by atoms with Crippen LogP contribution in [0, 0.1) is 0 Å². The van der Waals surface area contributed by atoms with Gasteiger partial charge >= 0.3 is 6.03 Å². The highest BCUT2D eigenvalue weighted by Crippen LogP contribution is 2.28. The van der Waals surface area contributed by atoms with E-state index in [1.165, 1.54) is 24.2 Å². The van der Waals surface area contributed by atoms with Gasteiger partial charge in [-0.3, -0.25) is 5.32 Å². The third-order valence-electron chi connectivity index (χ3n) is 3.62. The summed E-state index contributed by atoms with van der Waals surface area (Å²) in [4.78, 5) is 14.3. The van der Waals surface area contributed by atoms with Crippen molar-refractivity contribution in [3.05, 3.63) is 18.2 Å². The quantitative estimate of drug-likeness (QED) is 0.863. The van der Waals surface area contributed by atoms with E-state index in [-0.39, 0.29) is 0 Å². The summed E-state index contributed by atoms with van der Waals surface area (Å²) in [5, 5.41) is 14.9. The van der Waals surface area contributed by atoms with Gasteiger partial charge in [0.2, 0.25) is 10.3 Å². The summed E-state index contributed by atoms with van der Waals surface area (Å²) in [6.07, 6.45) is 2.33. The number of ether oxygens (including phenoxy) is 2. The van der Waals surface area contributed by atoms with Gasteiger partial charge in [-0.2, -0.15) is 0 Å². The first-order chi connectivity index (χ1) is 11.7. The Balaban J connectivity index is 1.63. The minimum Gasteiger partial charge on any atom is -0.497 e. The zero-order valence-electron chi connectivity index (χ0n) is 13.5. The predicted molar refractivity (Wildman–Crippen MR) is 93.5 cm³/mol. The van der Waals surface area contributed by atoms with Crippen molar-refractivity contribution in [3.63, 3.8) is 0 Å². The SMILES string of the molecule is COc1cc(NC(=O)Nc2nnc(N3CCCC3)s2)cc(OC)c1. The average molecular weight is 349 g/mol. The first-order valence-electron chi connectivity index (χ1n) is 7.57. The Kier molecular flexibility index (Phi) is 4.99. The average Bonchev–Trinajstić information content (AvgIpc) is 3.25. The standard InChI is InChI=1S/C15H19N5O3S/c1-22-11-7-10(8-12(9-11)23-2)16-13(21)17-14-18-19-15(24-14)20-5-3-4-6-20/h7-9H,3-6H2,1-2H3,(H2,16,17,18,21). The topological polar surface area (TPSA) is 88.6 Å². The number of urea groups is 1. The van der Waals surface area contributed by atoms with E-state index in [1.54, 1.807) is 32.4 Å². The summed E-state index contributed by atoms with van der Waals surface area (Å²) >= 11 is 1.37. The lowest BCUT2D eigenvalue weighted by molar-refractivity contribution is 0.262. The van der Waals surface area contributed by atoms with E-state index >= 15 is 0 Å². The number of methoxy groups -OCH3 is 2. The van der Waals surface area contributed by atoms with Gasteiger partial charge in [0.05, 0.1) is 14.2 Å². The Morgan fingerprint density at radius 2 is 1.75 bits per heavy atom. The Morgan fingerprint density at radius 3 is 2.38 bits per heavy atom. The molecule has 2 N–H and O–H groups in total. The molecule has 1 fully saturated rings. The highest BCUT2D eigenvalue weighted by molar-refractivity contribution is 7.19. The van der Waals surface area contributed by atoms with Gasteiger partial charge in [-0.25, -0.2) is 4.79 Å². The Morgan fingerprint density at radius 1 is 1.08 bits per heavy atom. The van der Waals surface area contributed by atoms with Crippen molar-refractivity contribution in [1.82, 2.24) is 10.2 Å². The van der Waals surface area contributed by atoms with Crippen LogP contribution in [0.5, 0.6) is 11.5 Å². The van der Waals surface area contributed by atoms with Crippen molar-refractivity contribution < 1.29 is 14.3 Å². The molecular weight excluding hydrogens is 330 g/mol. The number of nitrogens with one attached hydrogen (secondary N) is 2. The number of hydrogen-bond donors (Lipinski definition) is 2. The van der Waals surface area contributed by atoms with Crippen LogP contribution in [0.3, 0.4) is 0 Å². The lowest BCUT2D eigenvalue weighted by Crippen LogP contribution is -2.19. The second-order valence-corrected chi connectivity index (χ2v) is 6.22. The monoisotopic (exact) mass is 349 g/mol. The number of carbonyl (C=O) groups is 1. The minimum atomic E-state index is -0.394. The molecular formula is C15H19N5O3S. The molecule has 0 radical (unpaired) electrons. The molecule has 0 aliphatic carbocycles. The molecule has 1 aliphatic heterocycles. The van der Waals surface area contributed by atoms with Crippen LogP contribution >= 0.6 is 11.3 Å². The molecule has 2 amide bonds. The van der Waals surface area contributed by atoms with Crippen molar-refractivity contribution in [2.24, 2.45) is 0 Å². The van der Waals surface area contributed by atoms with Gasteiger partial charge < -0.3 is 19.7 Å². The highest BCUT2D eigenvalue weighted by atomic mass is 32.1. The Hall–Kier alpha value is -2.55. The summed E-state index contributed by atoms with van der Waals surface area (Å²) in [6.45, 7) is 1.98. The number of amides is 2. The van der Waals surface area contributed by atoms with Crippen LogP contribution < -0.4 is 25.0 Å². The van der Waals surface area contributed by atoms with Crippen molar-refractivity contribution in [3.8, 4) is 11.5 Å². The number of benzene rings is 1. The van der Waals surface area contributed by atoms with Crippen molar-refractivity contribution >= 4 is 33.3 Å². The molecule has 0 unspecified atom stereocenters. The van der Waals surface area contributed by atoms with Crippen LogP contribution in [0.1, 0.15) is 12.8 Å². The number of nitrogens with zero attached hydrogens (tertiary/aromatic N) is 3. The number of rotatable bonds is 5. The van der Waals surface area contributed by atoms with E-state index < -0.39 is 6.03 Å². The fraction of sp³-hybridized carbons (Fsp3) is 0.400. The van der Waals surface area contributed by atoms with Crippen LogP contribution in [0.25, 0.3) is 0 Å². The molecule has 1 aromatic carbocycles. The molecule has 0 atom stereocenters. The summed E-state index contributed by atoms with van der Waals surface area (Å²) in [7, 11) is 3.11. The van der Waals surface area contributed by atoms with E-state index in [9.17, 15) is 4.79 Å². The molecule has 9 heteroatoms. The molecule has 1 saturated heterocycles. The van der Waals surface area contributed by atoms with E-state index in [1.807, 2.05) is 0 Å². The highest BCUT2D eigenvalue weighted by Gasteiger charge is 2.17. The normalized spacial score (nSPS) is 13.7. The van der Waals surface area contributed by atoms with E-state index in [0.717, 1.165) is 18.2 Å². The van der Waals surface area contributed by atoms with Crippen molar-refractivity contribution in [2.45, 2.75) is 12.8 Å². The maximum Gasteiger partial charge on any atom is 0.325 e. The summed E-state index contributed by atoms with van der Waals surface area (Å²) in [5.74, 6) is 1.19. The summed E-state index contributed by atoms with van der Waals surface area (Å²) in [6, 6.07) is 4.75. The smallest absolute Gasteiger partial charge is 0.325 e. The first-order valence-corrected chi connectivity index (χ1v) is 8.39. The lowest BCUT2D eigenvalue weighted by Gasteiger charge is -2.11. The maximum atomic E-state index is 12.1. The molecule has 0 bridgehead atoms. The van der Waals surface area contributed by atoms with Crippen LogP contribution in [-0.2, 0) is 0 Å². The second-order valence-electron chi connectivity index (χ2n) is 5.26. The number of anilines is 3. The van der Waals surface area contributed by atoms with Crippen LogP contribution in [0.4, 0.5) is 20.7 Å².